The normalized spacial score (nSPS) is 18.0. The SMILES string of the molecule is NC(=O)CC(NC(=O)CNC(=O)C(N)CC(=O)O)C(=O)N1CCCC1C(=O)O. The highest BCUT2D eigenvalue weighted by Gasteiger charge is 2.38. The minimum atomic E-state index is -1.39. The number of aliphatic carboxylic acids is 2. The van der Waals surface area contributed by atoms with Crippen molar-refractivity contribution in [2.24, 2.45) is 11.5 Å². The Bertz CT molecular complexity index is 667. The molecule has 156 valence electrons. The van der Waals surface area contributed by atoms with E-state index in [1.54, 1.807) is 0 Å². The van der Waals surface area contributed by atoms with E-state index in [0.29, 0.717) is 6.42 Å². The van der Waals surface area contributed by atoms with Crippen molar-refractivity contribution in [1.29, 1.82) is 0 Å². The van der Waals surface area contributed by atoms with Crippen LogP contribution in [0.25, 0.3) is 0 Å². The summed E-state index contributed by atoms with van der Waals surface area (Å²) < 4.78 is 0. The average Bonchev–Trinajstić information content (AvgIpc) is 3.07. The van der Waals surface area contributed by atoms with Gasteiger partial charge >= 0.3 is 11.9 Å². The molecule has 1 heterocycles. The highest BCUT2D eigenvalue weighted by molar-refractivity contribution is 5.95. The van der Waals surface area contributed by atoms with Crippen LogP contribution in [0.1, 0.15) is 25.7 Å². The van der Waals surface area contributed by atoms with Gasteiger partial charge in [0.15, 0.2) is 0 Å². The number of amides is 4. The summed E-state index contributed by atoms with van der Waals surface area (Å²) >= 11 is 0. The summed E-state index contributed by atoms with van der Waals surface area (Å²) in [7, 11) is 0. The number of carbonyl (C=O) groups is 6. The zero-order chi connectivity index (χ0) is 21.4. The van der Waals surface area contributed by atoms with Crippen molar-refractivity contribution in [3.8, 4) is 0 Å². The monoisotopic (exact) mass is 401 g/mol. The fourth-order valence-electron chi connectivity index (χ4n) is 2.71. The number of primary amides is 1. The molecule has 4 amide bonds. The van der Waals surface area contributed by atoms with Crippen molar-refractivity contribution in [2.45, 2.75) is 43.8 Å². The van der Waals surface area contributed by atoms with Gasteiger partial charge in [0, 0.05) is 6.54 Å². The van der Waals surface area contributed by atoms with Gasteiger partial charge in [0.2, 0.25) is 23.6 Å². The second-order valence-electron chi connectivity index (χ2n) is 6.24. The van der Waals surface area contributed by atoms with E-state index in [9.17, 15) is 28.8 Å². The summed E-state index contributed by atoms with van der Waals surface area (Å²) in [5.74, 6) is -5.90. The molecule has 13 nitrogen and oxygen atoms in total. The highest BCUT2D eigenvalue weighted by atomic mass is 16.4. The molecule has 13 heteroatoms. The van der Waals surface area contributed by atoms with Crippen LogP contribution in [0, 0.1) is 0 Å². The third kappa shape index (κ3) is 6.83. The molecule has 0 spiro atoms. The number of carboxylic acid groups (broad SMARTS) is 2. The van der Waals surface area contributed by atoms with Gasteiger partial charge in [-0.2, -0.15) is 0 Å². The molecule has 1 fully saturated rings. The number of rotatable bonds is 10. The van der Waals surface area contributed by atoms with Gasteiger partial charge < -0.3 is 37.2 Å². The standard InChI is InChI=1S/C15H23N5O8/c16-7(4-12(23)24)13(25)18-6-11(22)19-8(5-10(17)21)14(26)20-3-1-2-9(20)15(27)28/h7-9H,1-6,16H2,(H2,17,21)(H,18,25)(H,19,22)(H,23,24)(H,27,28). The number of nitrogens with zero attached hydrogens (tertiary/aromatic N) is 1. The smallest absolute Gasteiger partial charge is 0.326 e. The van der Waals surface area contributed by atoms with E-state index in [-0.39, 0.29) is 13.0 Å². The van der Waals surface area contributed by atoms with Crippen LogP contribution < -0.4 is 22.1 Å². The third-order valence-electron chi connectivity index (χ3n) is 4.01. The number of nitrogens with one attached hydrogen (secondary N) is 2. The fraction of sp³-hybridized carbons (Fsp3) is 0.600. The van der Waals surface area contributed by atoms with E-state index in [1.807, 2.05) is 0 Å². The van der Waals surface area contributed by atoms with E-state index < -0.39 is 73.1 Å². The predicted octanol–water partition coefficient (Wildman–Crippen LogP) is -3.66. The van der Waals surface area contributed by atoms with Crippen molar-refractivity contribution in [1.82, 2.24) is 15.5 Å². The van der Waals surface area contributed by atoms with Gasteiger partial charge in [-0.3, -0.25) is 24.0 Å². The van der Waals surface area contributed by atoms with E-state index in [0.717, 1.165) is 4.90 Å². The number of hydrogen-bond acceptors (Lipinski definition) is 7. The lowest BCUT2D eigenvalue weighted by Crippen LogP contribution is -2.54. The summed E-state index contributed by atoms with van der Waals surface area (Å²) in [6.07, 6.45) is -0.491. The Hall–Kier alpha value is -3.22. The molecule has 0 saturated carbocycles. The highest BCUT2D eigenvalue weighted by Crippen LogP contribution is 2.19. The molecule has 1 aliphatic rings. The molecule has 0 aromatic carbocycles. The molecular formula is C15H23N5O8. The van der Waals surface area contributed by atoms with E-state index in [1.165, 1.54) is 0 Å². The van der Waals surface area contributed by atoms with Crippen LogP contribution >= 0.6 is 0 Å². The maximum absolute atomic E-state index is 12.6. The van der Waals surface area contributed by atoms with Crippen molar-refractivity contribution in [3.05, 3.63) is 0 Å². The Balaban J connectivity index is 2.70. The molecule has 28 heavy (non-hydrogen) atoms. The Morgan fingerprint density at radius 1 is 1.11 bits per heavy atom. The van der Waals surface area contributed by atoms with Gasteiger partial charge in [0.05, 0.1) is 25.4 Å². The number of carboxylic acids is 2. The summed E-state index contributed by atoms with van der Waals surface area (Å²) in [5.41, 5.74) is 10.4. The maximum Gasteiger partial charge on any atom is 0.326 e. The Labute approximate surface area is 159 Å². The minimum absolute atomic E-state index is 0.154. The van der Waals surface area contributed by atoms with E-state index >= 15 is 0 Å². The van der Waals surface area contributed by atoms with Crippen molar-refractivity contribution < 1.29 is 39.0 Å². The lowest BCUT2D eigenvalue weighted by molar-refractivity contribution is -0.149. The molecule has 1 aliphatic heterocycles. The molecule has 1 rings (SSSR count). The van der Waals surface area contributed by atoms with E-state index in [2.05, 4.69) is 10.6 Å². The second kappa shape index (κ2) is 10.2. The first-order chi connectivity index (χ1) is 13.0. The molecule has 8 N–H and O–H groups in total. The van der Waals surface area contributed by atoms with E-state index in [4.69, 9.17) is 21.7 Å². The summed E-state index contributed by atoms with van der Waals surface area (Å²) in [5, 5.41) is 22.1. The Kier molecular flexibility index (Phi) is 8.31. The van der Waals surface area contributed by atoms with Gasteiger partial charge in [0.1, 0.15) is 12.1 Å². The van der Waals surface area contributed by atoms with Gasteiger partial charge in [-0.15, -0.1) is 0 Å². The quantitative estimate of drug-likeness (QED) is 0.212. The van der Waals surface area contributed by atoms with Gasteiger partial charge in [-0.05, 0) is 12.8 Å². The number of nitrogens with two attached hydrogens (primary N) is 2. The van der Waals surface area contributed by atoms with Crippen LogP contribution in [0.2, 0.25) is 0 Å². The summed E-state index contributed by atoms with van der Waals surface area (Å²) in [6, 6.07) is -3.82. The third-order valence-corrected chi connectivity index (χ3v) is 4.01. The molecule has 0 bridgehead atoms. The predicted molar refractivity (Wildman–Crippen MR) is 91.4 cm³/mol. The van der Waals surface area contributed by atoms with Crippen LogP contribution in [-0.4, -0.2) is 81.9 Å². The summed E-state index contributed by atoms with van der Waals surface area (Å²) in [4.78, 5) is 70.2. The van der Waals surface area contributed by atoms with Crippen LogP contribution in [-0.2, 0) is 28.8 Å². The topological polar surface area (TPSA) is 222 Å². The second-order valence-corrected chi connectivity index (χ2v) is 6.24. The van der Waals surface area contributed by atoms with Crippen molar-refractivity contribution in [2.75, 3.05) is 13.1 Å². The molecular weight excluding hydrogens is 378 g/mol. The Morgan fingerprint density at radius 3 is 2.29 bits per heavy atom. The number of likely N-dealkylation sites (tertiary alicyclic amines) is 1. The molecule has 3 atom stereocenters. The van der Waals surface area contributed by atoms with Gasteiger partial charge in [-0.1, -0.05) is 0 Å². The number of hydrogen-bond donors (Lipinski definition) is 6. The maximum atomic E-state index is 12.6. The first-order valence-corrected chi connectivity index (χ1v) is 8.39. The largest absolute Gasteiger partial charge is 0.481 e. The van der Waals surface area contributed by atoms with Crippen molar-refractivity contribution in [3.63, 3.8) is 0 Å². The number of carbonyl (C=O) groups excluding carboxylic acids is 4. The zero-order valence-electron chi connectivity index (χ0n) is 14.9. The zero-order valence-corrected chi connectivity index (χ0v) is 14.9. The van der Waals surface area contributed by atoms with Crippen molar-refractivity contribution >= 4 is 35.6 Å². The summed E-state index contributed by atoms with van der Waals surface area (Å²) in [6.45, 7) is -0.473. The van der Waals surface area contributed by atoms with Gasteiger partial charge in [0.25, 0.3) is 0 Å². The molecule has 1 saturated heterocycles. The van der Waals surface area contributed by atoms with Crippen LogP contribution in [0.4, 0.5) is 0 Å². The lowest BCUT2D eigenvalue weighted by Gasteiger charge is -2.26. The molecule has 0 radical (unpaired) electrons. The average molecular weight is 401 g/mol. The first-order valence-electron chi connectivity index (χ1n) is 8.39. The fourth-order valence-corrected chi connectivity index (χ4v) is 2.71. The minimum Gasteiger partial charge on any atom is -0.481 e. The van der Waals surface area contributed by atoms with Crippen LogP contribution in [0.3, 0.4) is 0 Å². The van der Waals surface area contributed by atoms with Gasteiger partial charge in [-0.25, -0.2) is 4.79 Å². The molecule has 3 unspecified atom stereocenters. The molecule has 0 aromatic rings. The molecule has 0 aromatic heterocycles. The Morgan fingerprint density at radius 2 is 1.75 bits per heavy atom. The first kappa shape index (κ1) is 22.8. The van der Waals surface area contributed by atoms with Crippen LogP contribution in [0.15, 0.2) is 0 Å². The lowest BCUT2D eigenvalue weighted by atomic mass is 10.1. The molecule has 0 aliphatic carbocycles. The van der Waals surface area contributed by atoms with Crippen LogP contribution in [0.5, 0.6) is 0 Å².